The van der Waals surface area contributed by atoms with Crippen LogP contribution in [0.1, 0.15) is 11.3 Å². The molecule has 5 heteroatoms. The van der Waals surface area contributed by atoms with Crippen molar-refractivity contribution in [2.45, 2.75) is 6.42 Å². The molecule has 0 aliphatic carbocycles. The molecule has 1 aromatic heterocycles. The first kappa shape index (κ1) is 11.6. The Balaban J connectivity index is 2.21. The van der Waals surface area contributed by atoms with Gasteiger partial charge in [-0.15, -0.1) is 0 Å². The van der Waals surface area contributed by atoms with Gasteiger partial charge in [-0.3, -0.25) is 4.79 Å². The Morgan fingerprint density at radius 3 is 3.05 bits per heavy atom. The van der Waals surface area contributed by atoms with E-state index in [1.807, 2.05) is 18.2 Å². The number of hydrogen-bond acceptors (Lipinski definition) is 3. The quantitative estimate of drug-likeness (QED) is 0.706. The molecule has 0 spiro atoms. The van der Waals surface area contributed by atoms with Crippen LogP contribution in [0.25, 0.3) is 16.6 Å². The number of rotatable bonds is 2. The summed E-state index contributed by atoms with van der Waals surface area (Å²) in [4.78, 5) is 14.4. The molecule has 5 nitrogen and oxygen atoms in total. The maximum atomic E-state index is 11.1. The molecule has 3 rings (SSSR count). The second-order valence-corrected chi connectivity index (χ2v) is 4.53. The Hall–Kier alpha value is -2.43. The van der Waals surface area contributed by atoms with Crippen LogP contribution in [0, 0.1) is 0 Å². The van der Waals surface area contributed by atoms with Crippen molar-refractivity contribution >= 4 is 22.5 Å². The predicted octanol–water partition coefficient (Wildman–Crippen LogP) is 1.15. The van der Waals surface area contributed by atoms with Gasteiger partial charge in [-0.2, -0.15) is 0 Å². The van der Waals surface area contributed by atoms with Crippen LogP contribution in [0.3, 0.4) is 0 Å². The molecule has 4 N–H and O–H groups in total. The molecular weight excluding hydrogens is 242 g/mol. The molecule has 0 bridgehead atoms. The van der Waals surface area contributed by atoms with Gasteiger partial charge in [-0.25, -0.2) is 0 Å². The van der Waals surface area contributed by atoms with Gasteiger partial charge in [0.05, 0.1) is 18.5 Å². The summed E-state index contributed by atoms with van der Waals surface area (Å²) in [7, 11) is 1.65. The van der Waals surface area contributed by atoms with Crippen molar-refractivity contribution in [3.63, 3.8) is 0 Å². The highest BCUT2D eigenvalue weighted by atomic mass is 16.5. The third-order valence-corrected chi connectivity index (χ3v) is 3.36. The van der Waals surface area contributed by atoms with Crippen LogP contribution in [-0.2, 0) is 11.2 Å². The van der Waals surface area contributed by atoms with Gasteiger partial charge in [0.1, 0.15) is 5.75 Å². The Labute approximate surface area is 110 Å². The number of benzene rings is 1. The molecule has 2 heterocycles. The van der Waals surface area contributed by atoms with Crippen LogP contribution in [0.4, 0.5) is 0 Å². The molecule has 19 heavy (non-hydrogen) atoms. The number of fused-ring (bicyclic) bond motifs is 3. The van der Waals surface area contributed by atoms with E-state index in [0.717, 1.165) is 41.0 Å². The van der Waals surface area contributed by atoms with Gasteiger partial charge in [-0.05, 0) is 30.2 Å². The zero-order valence-corrected chi connectivity index (χ0v) is 10.6. The zero-order valence-electron chi connectivity index (χ0n) is 10.6. The number of methoxy groups -OCH3 is 1. The third kappa shape index (κ3) is 1.93. The second kappa shape index (κ2) is 4.35. The van der Waals surface area contributed by atoms with Gasteiger partial charge in [-0.1, -0.05) is 0 Å². The lowest BCUT2D eigenvalue weighted by Gasteiger charge is -2.17. The number of primary amides is 1. The smallest absolute Gasteiger partial charge is 0.243 e. The van der Waals surface area contributed by atoms with E-state index in [4.69, 9.17) is 10.5 Å². The van der Waals surface area contributed by atoms with Crippen LogP contribution in [0.2, 0.25) is 0 Å². The minimum atomic E-state index is -0.452. The number of nitrogens with one attached hydrogen (secondary N) is 2. The summed E-state index contributed by atoms with van der Waals surface area (Å²) < 4.78 is 5.26. The number of carbonyl (C=O) groups is 1. The minimum Gasteiger partial charge on any atom is -0.497 e. The number of H-pyrrole nitrogens is 1. The predicted molar refractivity (Wildman–Crippen MR) is 73.7 cm³/mol. The summed E-state index contributed by atoms with van der Waals surface area (Å²) in [6.07, 6.45) is 2.32. The molecule has 98 valence electrons. The lowest BCUT2D eigenvalue weighted by atomic mass is 10.0. The number of nitrogens with two attached hydrogens (primary N) is 1. The van der Waals surface area contributed by atoms with Crippen molar-refractivity contribution < 1.29 is 9.53 Å². The molecule has 0 atom stereocenters. The maximum absolute atomic E-state index is 11.1. The fourth-order valence-corrected chi connectivity index (χ4v) is 2.52. The van der Waals surface area contributed by atoms with Gasteiger partial charge in [0.15, 0.2) is 0 Å². The number of hydrogen-bond donors (Lipinski definition) is 3. The minimum absolute atomic E-state index is 0.452. The van der Waals surface area contributed by atoms with Crippen LogP contribution >= 0.6 is 0 Å². The van der Waals surface area contributed by atoms with Gasteiger partial charge in [0.2, 0.25) is 5.91 Å². The lowest BCUT2D eigenvalue weighted by molar-refractivity contribution is -0.113. The largest absolute Gasteiger partial charge is 0.497 e. The highest BCUT2D eigenvalue weighted by Crippen LogP contribution is 2.31. The Kier molecular flexibility index (Phi) is 2.67. The Morgan fingerprint density at radius 1 is 1.47 bits per heavy atom. The number of aromatic amines is 1. The summed E-state index contributed by atoms with van der Waals surface area (Å²) in [6.45, 7) is 0.788. The summed E-state index contributed by atoms with van der Waals surface area (Å²) in [5.74, 6) is 0.375. The molecule has 1 aromatic carbocycles. The summed E-state index contributed by atoms with van der Waals surface area (Å²) in [5.41, 5.74) is 9.15. The topological polar surface area (TPSA) is 80.1 Å². The van der Waals surface area contributed by atoms with Crippen LogP contribution in [0.15, 0.2) is 24.3 Å². The molecule has 1 aliphatic rings. The first-order valence-corrected chi connectivity index (χ1v) is 6.13. The van der Waals surface area contributed by atoms with E-state index in [1.165, 1.54) is 11.6 Å². The number of aromatic nitrogens is 1. The van der Waals surface area contributed by atoms with Gasteiger partial charge in [0.25, 0.3) is 0 Å². The van der Waals surface area contributed by atoms with Crippen molar-refractivity contribution in [3.8, 4) is 5.75 Å². The number of carbonyl (C=O) groups excluding carboxylic acids is 1. The number of ether oxygens (including phenoxy) is 1. The first-order chi connectivity index (χ1) is 9.19. The van der Waals surface area contributed by atoms with Crippen LogP contribution < -0.4 is 15.8 Å². The normalized spacial score (nSPS) is 16.2. The maximum Gasteiger partial charge on any atom is 0.243 e. The number of amides is 1. The molecule has 1 aliphatic heterocycles. The standard InChI is InChI=1S/C14H15N3O2/c1-19-8-2-3-11-10(6-8)9-4-5-16-12(7-13(15)18)14(9)17-11/h2-3,6-7,16-17H,4-5H2,1H3,(H2,15,18)/b12-7-. The highest BCUT2D eigenvalue weighted by molar-refractivity contribution is 5.97. The van der Waals surface area contributed by atoms with Gasteiger partial charge in [0, 0.05) is 23.5 Å². The van der Waals surface area contributed by atoms with E-state index in [0.29, 0.717) is 0 Å². The average Bonchev–Trinajstić information content (AvgIpc) is 2.77. The zero-order chi connectivity index (χ0) is 13.4. The molecule has 0 radical (unpaired) electrons. The Bertz CT molecular complexity index is 685. The van der Waals surface area contributed by atoms with Crippen molar-refractivity contribution in [1.29, 1.82) is 0 Å². The van der Waals surface area contributed by atoms with Gasteiger partial charge < -0.3 is 20.8 Å². The molecule has 0 fully saturated rings. The molecule has 1 amide bonds. The fraction of sp³-hybridized carbons (Fsp3) is 0.214. The molecule has 0 saturated heterocycles. The lowest BCUT2D eigenvalue weighted by Crippen LogP contribution is -2.24. The van der Waals surface area contributed by atoms with E-state index in [2.05, 4.69) is 10.3 Å². The molecule has 0 saturated carbocycles. The SMILES string of the molecule is COc1ccc2[nH]c3c(c2c1)CCN/C3=C\C(N)=O. The van der Waals surface area contributed by atoms with Crippen molar-refractivity contribution in [3.05, 3.63) is 35.5 Å². The van der Waals surface area contributed by atoms with Crippen molar-refractivity contribution in [2.24, 2.45) is 5.73 Å². The molecule has 2 aromatic rings. The third-order valence-electron chi connectivity index (χ3n) is 3.36. The van der Waals surface area contributed by atoms with E-state index in [9.17, 15) is 4.79 Å². The van der Waals surface area contributed by atoms with E-state index in [-0.39, 0.29) is 0 Å². The monoisotopic (exact) mass is 257 g/mol. The average molecular weight is 257 g/mol. The highest BCUT2D eigenvalue weighted by Gasteiger charge is 2.19. The molecular formula is C14H15N3O2. The molecule has 0 unspecified atom stereocenters. The first-order valence-electron chi connectivity index (χ1n) is 6.13. The summed E-state index contributed by atoms with van der Waals surface area (Å²) in [5, 5.41) is 4.32. The van der Waals surface area contributed by atoms with Crippen molar-refractivity contribution in [1.82, 2.24) is 10.3 Å². The van der Waals surface area contributed by atoms with Gasteiger partial charge >= 0.3 is 0 Å². The second-order valence-electron chi connectivity index (χ2n) is 4.53. The van der Waals surface area contributed by atoms with Crippen molar-refractivity contribution in [2.75, 3.05) is 13.7 Å². The van der Waals surface area contributed by atoms with E-state index in [1.54, 1.807) is 7.11 Å². The van der Waals surface area contributed by atoms with E-state index < -0.39 is 5.91 Å². The van der Waals surface area contributed by atoms with Crippen LogP contribution in [0.5, 0.6) is 5.75 Å². The summed E-state index contributed by atoms with van der Waals surface area (Å²) >= 11 is 0. The Morgan fingerprint density at radius 2 is 2.32 bits per heavy atom. The van der Waals surface area contributed by atoms with Crippen LogP contribution in [-0.4, -0.2) is 24.5 Å². The summed E-state index contributed by atoms with van der Waals surface area (Å²) in [6, 6.07) is 5.90. The van der Waals surface area contributed by atoms with E-state index >= 15 is 0 Å². The fourth-order valence-electron chi connectivity index (χ4n) is 2.52.